The predicted octanol–water partition coefficient (Wildman–Crippen LogP) is 3.72. The molecule has 0 aliphatic heterocycles. The molecule has 1 N–H and O–H groups in total. The first kappa shape index (κ1) is 16.0. The van der Waals surface area contributed by atoms with E-state index in [9.17, 15) is 8.42 Å². The summed E-state index contributed by atoms with van der Waals surface area (Å²) in [7, 11) is -3.10. The number of hydrogen-bond acceptors (Lipinski definition) is 3. The van der Waals surface area contributed by atoms with E-state index >= 15 is 0 Å². The van der Waals surface area contributed by atoms with Crippen LogP contribution < -0.4 is 5.32 Å². The van der Waals surface area contributed by atoms with Crippen molar-refractivity contribution >= 4 is 15.5 Å². The van der Waals surface area contributed by atoms with Crippen LogP contribution in [0.5, 0.6) is 0 Å². The van der Waals surface area contributed by atoms with Gasteiger partial charge in [0.1, 0.15) is 0 Å². The number of nitrogens with one attached hydrogen (secondary N) is 1. The van der Waals surface area contributed by atoms with E-state index in [0.717, 1.165) is 18.7 Å². The smallest absolute Gasteiger partial charge is 0.178 e. The molecule has 4 heteroatoms. The van der Waals surface area contributed by atoms with Gasteiger partial charge in [-0.25, -0.2) is 8.42 Å². The van der Waals surface area contributed by atoms with Gasteiger partial charge < -0.3 is 5.32 Å². The summed E-state index contributed by atoms with van der Waals surface area (Å²) in [6.07, 6.45) is 1.75. The third kappa shape index (κ3) is 4.86. The summed E-state index contributed by atoms with van der Waals surface area (Å²) in [5, 5.41) is 3.35. The average molecular weight is 283 g/mol. The van der Waals surface area contributed by atoms with Crippen LogP contribution in [0.2, 0.25) is 0 Å². The number of anilines is 1. The molecule has 0 unspecified atom stereocenters. The van der Waals surface area contributed by atoms with Crippen LogP contribution in [0.25, 0.3) is 0 Å². The molecule has 1 aromatic rings. The standard InChI is InChI=1S/C15H25NO2S/c1-5-11-19(17,18)14-9-7-13(8-10-14)16-12-15(3,4)6-2/h7-10,16H,5-6,11-12H2,1-4H3. The molecule has 3 nitrogen and oxygen atoms in total. The Morgan fingerprint density at radius 1 is 1.11 bits per heavy atom. The maximum atomic E-state index is 11.9. The Labute approximate surface area is 117 Å². The zero-order valence-corrected chi connectivity index (χ0v) is 13.2. The molecule has 0 amide bonds. The first-order valence-electron chi connectivity index (χ1n) is 6.87. The zero-order valence-electron chi connectivity index (χ0n) is 12.4. The van der Waals surface area contributed by atoms with Gasteiger partial charge in [-0.2, -0.15) is 0 Å². The highest BCUT2D eigenvalue weighted by molar-refractivity contribution is 7.91. The maximum absolute atomic E-state index is 11.9. The third-order valence-corrected chi connectivity index (χ3v) is 5.35. The number of hydrogen-bond donors (Lipinski definition) is 1. The fourth-order valence-corrected chi connectivity index (χ4v) is 2.96. The molecule has 0 aliphatic rings. The second-order valence-electron chi connectivity index (χ2n) is 5.71. The first-order chi connectivity index (χ1) is 8.80. The molecule has 19 heavy (non-hydrogen) atoms. The normalized spacial score (nSPS) is 12.4. The quantitative estimate of drug-likeness (QED) is 0.829. The zero-order chi connectivity index (χ0) is 14.5. The molecular weight excluding hydrogens is 258 g/mol. The van der Waals surface area contributed by atoms with Crippen LogP contribution in [0.1, 0.15) is 40.5 Å². The second kappa shape index (κ2) is 6.42. The van der Waals surface area contributed by atoms with Crippen LogP contribution >= 0.6 is 0 Å². The molecule has 0 fully saturated rings. The van der Waals surface area contributed by atoms with Crippen molar-refractivity contribution in [3.63, 3.8) is 0 Å². The van der Waals surface area contributed by atoms with Crippen molar-refractivity contribution in [3.05, 3.63) is 24.3 Å². The van der Waals surface area contributed by atoms with Gasteiger partial charge in [-0.3, -0.25) is 0 Å². The van der Waals surface area contributed by atoms with Crippen LogP contribution in [0, 0.1) is 5.41 Å². The predicted molar refractivity (Wildman–Crippen MR) is 81.3 cm³/mol. The summed E-state index contributed by atoms with van der Waals surface area (Å²) in [6, 6.07) is 7.06. The Morgan fingerprint density at radius 2 is 1.68 bits per heavy atom. The molecule has 0 atom stereocenters. The molecule has 0 radical (unpaired) electrons. The highest BCUT2D eigenvalue weighted by Gasteiger charge is 2.15. The summed E-state index contributed by atoms with van der Waals surface area (Å²) in [5.41, 5.74) is 1.21. The lowest BCUT2D eigenvalue weighted by molar-refractivity contribution is 0.377. The summed E-state index contributed by atoms with van der Waals surface area (Å²) in [6.45, 7) is 9.34. The fraction of sp³-hybridized carbons (Fsp3) is 0.600. The molecule has 0 aromatic heterocycles. The van der Waals surface area contributed by atoms with Gasteiger partial charge in [-0.15, -0.1) is 0 Å². The fourth-order valence-electron chi connectivity index (χ4n) is 1.63. The molecular formula is C15H25NO2S. The van der Waals surface area contributed by atoms with Gasteiger partial charge in [-0.05, 0) is 42.5 Å². The van der Waals surface area contributed by atoms with Crippen molar-refractivity contribution in [1.82, 2.24) is 0 Å². The van der Waals surface area contributed by atoms with Gasteiger partial charge in [0.05, 0.1) is 10.6 Å². The molecule has 108 valence electrons. The van der Waals surface area contributed by atoms with E-state index in [1.165, 1.54) is 0 Å². The van der Waals surface area contributed by atoms with Crippen LogP contribution in [-0.2, 0) is 9.84 Å². The van der Waals surface area contributed by atoms with Crippen LogP contribution in [0.15, 0.2) is 29.2 Å². The van der Waals surface area contributed by atoms with Crippen LogP contribution in [-0.4, -0.2) is 20.7 Å². The number of rotatable bonds is 7. The number of sulfone groups is 1. The van der Waals surface area contributed by atoms with Crippen molar-refractivity contribution in [2.24, 2.45) is 5.41 Å². The van der Waals surface area contributed by atoms with Gasteiger partial charge in [0.15, 0.2) is 9.84 Å². The van der Waals surface area contributed by atoms with E-state index in [-0.39, 0.29) is 11.2 Å². The summed E-state index contributed by atoms with van der Waals surface area (Å²) >= 11 is 0. The Bertz CT molecular complexity index is 489. The molecule has 1 rings (SSSR count). The van der Waals surface area contributed by atoms with E-state index in [1.807, 2.05) is 19.1 Å². The molecule has 0 heterocycles. The minimum absolute atomic E-state index is 0.211. The Balaban J connectivity index is 2.72. The van der Waals surface area contributed by atoms with Gasteiger partial charge >= 0.3 is 0 Å². The largest absolute Gasteiger partial charge is 0.385 e. The van der Waals surface area contributed by atoms with Crippen molar-refractivity contribution in [3.8, 4) is 0 Å². The second-order valence-corrected chi connectivity index (χ2v) is 7.82. The van der Waals surface area contributed by atoms with E-state index in [4.69, 9.17) is 0 Å². The SMILES string of the molecule is CCCS(=O)(=O)c1ccc(NCC(C)(C)CC)cc1. The minimum Gasteiger partial charge on any atom is -0.385 e. The summed E-state index contributed by atoms with van der Waals surface area (Å²) in [4.78, 5) is 0.412. The lowest BCUT2D eigenvalue weighted by atomic mass is 9.90. The highest BCUT2D eigenvalue weighted by atomic mass is 32.2. The van der Waals surface area contributed by atoms with Crippen molar-refractivity contribution in [2.75, 3.05) is 17.6 Å². The van der Waals surface area contributed by atoms with Crippen molar-refractivity contribution in [1.29, 1.82) is 0 Å². The van der Waals surface area contributed by atoms with Gasteiger partial charge in [0.2, 0.25) is 0 Å². The summed E-state index contributed by atoms with van der Waals surface area (Å²) < 4.78 is 23.8. The maximum Gasteiger partial charge on any atom is 0.178 e. The molecule has 1 aromatic carbocycles. The highest BCUT2D eigenvalue weighted by Crippen LogP contribution is 2.21. The Hall–Kier alpha value is -1.03. The third-order valence-electron chi connectivity index (χ3n) is 3.41. The monoisotopic (exact) mass is 283 g/mol. The lowest BCUT2D eigenvalue weighted by Crippen LogP contribution is -2.21. The van der Waals surface area contributed by atoms with Gasteiger partial charge in [0.25, 0.3) is 0 Å². The van der Waals surface area contributed by atoms with E-state index in [2.05, 4.69) is 26.1 Å². The Morgan fingerprint density at radius 3 is 2.16 bits per heavy atom. The van der Waals surface area contributed by atoms with E-state index < -0.39 is 9.84 Å². The lowest BCUT2D eigenvalue weighted by Gasteiger charge is -2.23. The number of benzene rings is 1. The van der Waals surface area contributed by atoms with Gasteiger partial charge in [0, 0.05) is 12.2 Å². The van der Waals surface area contributed by atoms with Crippen molar-refractivity contribution < 1.29 is 8.42 Å². The molecule has 0 bridgehead atoms. The molecule has 0 saturated heterocycles. The van der Waals surface area contributed by atoms with Crippen LogP contribution in [0.3, 0.4) is 0 Å². The minimum atomic E-state index is -3.10. The average Bonchev–Trinajstić information content (AvgIpc) is 2.37. The topological polar surface area (TPSA) is 46.2 Å². The molecule has 0 aliphatic carbocycles. The van der Waals surface area contributed by atoms with E-state index in [1.54, 1.807) is 12.1 Å². The molecule has 0 saturated carbocycles. The van der Waals surface area contributed by atoms with Crippen molar-refractivity contribution in [2.45, 2.75) is 45.4 Å². The Kier molecular flexibility index (Phi) is 5.41. The summed E-state index contributed by atoms with van der Waals surface area (Å²) in [5.74, 6) is 0.211. The first-order valence-corrected chi connectivity index (χ1v) is 8.52. The van der Waals surface area contributed by atoms with Crippen LogP contribution in [0.4, 0.5) is 5.69 Å². The van der Waals surface area contributed by atoms with Gasteiger partial charge in [-0.1, -0.05) is 27.7 Å². The molecule has 0 spiro atoms. The van der Waals surface area contributed by atoms with E-state index in [0.29, 0.717) is 11.3 Å².